The van der Waals surface area contributed by atoms with E-state index in [1.165, 1.54) is 14.1 Å². The minimum absolute atomic E-state index is 0.0444. The van der Waals surface area contributed by atoms with Crippen LogP contribution < -0.4 is 5.32 Å². The number of nitriles is 1. The number of hydrogen-bond donors (Lipinski definition) is 1. The molecule has 0 heterocycles. The van der Waals surface area contributed by atoms with Crippen LogP contribution in [0.5, 0.6) is 0 Å². The van der Waals surface area contributed by atoms with Gasteiger partial charge in [0.1, 0.15) is 5.41 Å². The second-order valence-corrected chi connectivity index (χ2v) is 6.70. The predicted molar refractivity (Wildman–Crippen MR) is 62.4 cm³/mol. The van der Waals surface area contributed by atoms with Crippen LogP contribution in [-0.4, -0.2) is 45.0 Å². The van der Waals surface area contributed by atoms with Gasteiger partial charge in [0.2, 0.25) is 15.9 Å². The molecule has 7 heteroatoms. The molecule has 17 heavy (non-hydrogen) atoms. The van der Waals surface area contributed by atoms with E-state index in [1.54, 1.807) is 0 Å². The normalized spacial score (nSPS) is 18.2. The van der Waals surface area contributed by atoms with E-state index in [0.717, 1.165) is 10.7 Å². The maximum atomic E-state index is 11.7. The molecule has 0 spiro atoms. The molecule has 0 aromatic carbocycles. The topological polar surface area (TPSA) is 90.3 Å². The maximum absolute atomic E-state index is 11.7. The van der Waals surface area contributed by atoms with Crippen LogP contribution in [0.25, 0.3) is 0 Å². The molecule has 0 saturated heterocycles. The van der Waals surface area contributed by atoms with E-state index >= 15 is 0 Å². The van der Waals surface area contributed by atoms with Gasteiger partial charge in [0.25, 0.3) is 0 Å². The molecule has 0 aliphatic heterocycles. The average Bonchev–Trinajstić information content (AvgIpc) is 2.16. The highest BCUT2D eigenvalue weighted by Crippen LogP contribution is 2.40. The SMILES string of the molecule is CN(C)S(=O)(=O)CCNC(=O)C1(C#N)CCC1. The van der Waals surface area contributed by atoms with E-state index in [0.29, 0.717) is 12.8 Å². The van der Waals surface area contributed by atoms with Crippen molar-refractivity contribution >= 4 is 15.9 Å². The van der Waals surface area contributed by atoms with E-state index in [1.807, 2.05) is 6.07 Å². The van der Waals surface area contributed by atoms with Crippen molar-refractivity contribution in [3.8, 4) is 6.07 Å². The highest BCUT2D eigenvalue weighted by Gasteiger charge is 2.44. The Morgan fingerprint density at radius 2 is 2.06 bits per heavy atom. The van der Waals surface area contributed by atoms with E-state index in [2.05, 4.69) is 5.32 Å². The lowest BCUT2D eigenvalue weighted by atomic mass is 9.69. The molecule has 96 valence electrons. The van der Waals surface area contributed by atoms with Crippen LogP contribution in [0.1, 0.15) is 19.3 Å². The van der Waals surface area contributed by atoms with Gasteiger partial charge in [0.15, 0.2) is 0 Å². The van der Waals surface area contributed by atoms with Crippen molar-refractivity contribution in [3.05, 3.63) is 0 Å². The Labute approximate surface area is 102 Å². The minimum atomic E-state index is -3.30. The summed E-state index contributed by atoms with van der Waals surface area (Å²) in [6, 6.07) is 2.01. The van der Waals surface area contributed by atoms with Crippen molar-refractivity contribution in [1.82, 2.24) is 9.62 Å². The van der Waals surface area contributed by atoms with E-state index in [-0.39, 0.29) is 18.2 Å². The third-order valence-corrected chi connectivity index (χ3v) is 4.89. The van der Waals surface area contributed by atoms with Crippen LogP contribution in [-0.2, 0) is 14.8 Å². The van der Waals surface area contributed by atoms with Gasteiger partial charge in [0.05, 0.1) is 11.8 Å². The van der Waals surface area contributed by atoms with Crippen LogP contribution in [0.15, 0.2) is 0 Å². The van der Waals surface area contributed by atoms with Gasteiger partial charge in [-0.1, -0.05) is 0 Å². The van der Waals surface area contributed by atoms with Crippen molar-refractivity contribution in [2.75, 3.05) is 26.4 Å². The van der Waals surface area contributed by atoms with Gasteiger partial charge in [-0.3, -0.25) is 4.79 Å². The first-order valence-electron chi connectivity index (χ1n) is 5.44. The Hall–Kier alpha value is -1.13. The highest BCUT2D eigenvalue weighted by atomic mass is 32.2. The number of carbonyl (C=O) groups is 1. The summed E-state index contributed by atoms with van der Waals surface area (Å²) >= 11 is 0. The zero-order valence-electron chi connectivity index (χ0n) is 10.1. The molecule has 6 nitrogen and oxygen atoms in total. The molecule has 0 atom stereocenters. The summed E-state index contributed by atoms with van der Waals surface area (Å²) in [4.78, 5) is 11.7. The van der Waals surface area contributed by atoms with Gasteiger partial charge in [-0.05, 0) is 19.3 Å². The first-order valence-corrected chi connectivity index (χ1v) is 7.05. The van der Waals surface area contributed by atoms with Gasteiger partial charge in [-0.15, -0.1) is 0 Å². The van der Waals surface area contributed by atoms with Gasteiger partial charge < -0.3 is 5.32 Å². The largest absolute Gasteiger partial charge is 0.354 e. The van der Waals surface area contributed by atoms with Gasteiger partial charge in [-0.2, -0.15) is 5.26 Å². The Morgan fingerprint density at radius 3 is 2.41 bits per heavy atom. The number of hydrogen-bond acceptors (Lipinski definition) is 4. The summed E-state index contributed by atoms with van der Waals surface area (Å²) in [6.07, 6.45) is 2.00. The maximum Gasteiger partial charge on any atom is 0.240 e. The summed E-state index contributed by atoms with van der Waals surface area (Å²) in [5.41, 5.74) is -0.915. The van der Waals surface area contributed by atoms with Gasteiger partial charge in [-0.25, -0.2) is 12.7 Å². The van der Waals surface area contributed by atoms with E-state index in [9.17, 15) is 13.2 Å². The van der Waals surface area contributed by atoms with Crippen LogP contribution in [0.3, 0.4) is 0 Å². The third kappa shape index (κ3) is 2.96. The molecule has 1 aliphatic carbocycles. The summed E-state index contributed by atoms with van der Waals surface area (Å²) in [5.74, 6) is -0.493. The zero-order valence-corrected chi connectivity index (χ0v) is 10.9. The number of nitrogens with one attached hydrogen (secondary N) is 1. The van der Waals surface area contributed by atoms with Crippen molar-refractivity contribution in [3.63, 3.8) is 0 Å². The van der Waals surface area contributed by atoms with Gasteiger partial charge >= 0.3 is 0 Å². The molecule has 0 aromatic rings. The quantitative estimate of drug-likeness (QED) is 0.733. The number of carbonyl (C=O) groups excluding carboxylic acids is 1. The second-order valence-electron chi connectivity index (χ2n) is 4.40. The van der Waals surface area contributed by atoms with Crippen LogP contribution in [0.2, 0.25) is 0 Å². The smallest absolute Gasteiger partial charge is 0.240 e. The number of nitrogens with zero attached hydrogens (tertiary/aromatic N) is 2. The zero-order chi connectivity index (χ0) is 13.1. The molecule has 1 fully saturated rings. The van der Waals surface area contributed by atoms with Crippen LogP contribution >= 0.6 is 0 Å². The average molecular weight is 259 g/mol. The molecule has 0 radical (unpaired) electrons. The lowest BCUT2D eigenvalue weighted by Gasteiger charge is -2.33. The molecule has 1 rings (SSSR count). The Balaban J connectivity index is 2.43. The molecule has 1 saturated carbocycles. The lowest BCUT2D eigenvalue weighted by Crippen LogP contribution is -2.46. The van der Waals surface area contributed by atoms with Crippen LogP contribution in [0, 0.1) is 16.7 Å². The van der Waals surface area contributed by atoms with Crippen molar-refractivity contribution in [2.45, 2.75) is 19.3 Å². The first-order chi connectivity index (χ1) is 7.84. The second kappa shape index (κ2) is 5.02. The first kappa shape index (κ1) is 13.9. The summed E-state index contributed by atoms with van der Waals surface area (Å²) in [7, 11) is -0.410. The number of amides is 1. The fourth-order valence-corrected chi connectivity index (χ4v) is 2.29. The number of rotatable bonds is 5. The monoisotopic (exact) mass is 259 g/mol. The highest BCUT2D eigenvalue weighted by molar-refractivity contribution is 7.89. The van der Waals surface area contributed by atoms with Crippen molar-refractivity contribution in [1.29, 1.82) is 5.26 Å². The molecule has 0 unspecified atom stereocenters. The molecular formula is C10H17N3O3S. The molecule has 1 N–H and O–H groups in total. The number of sulfonamides is 1. The Kier molecular flexibility index (Phi) is 4.11. The molecule has 0 bridgehead atoms. The summed E-state index contributed by atoms with van der Waals surface area (Å²) < 4.78 is 24.0. The van der Waals surface area contributed by atoms with E-state index in [4.69, 9.17) is 5.26 Å². The third-order valence-electron chi connectivity index (χ3n) is 3.06. The predicted octanol–water partition coefficient (Wildman–Crippen LogP) is -0.312. The Morgan fingerprint density at radius 1 is 1.47 bits per heavy atom. The van der Waals surface area contributed by atoms with E-state index < -0.39 is 15.4 Å². The fourth-order valence-electron chi connectivity index (χ4n) is 1.57. The van der Waals surface area contributed by atoms with Crippen LogP contribution in [0.4, 0.5) is 0 Å². The Bertz CT molecular complexity index is 432. The molecule has 1 aliphatic rings. The van der Waals surface area contributed by atoms with Crippen molar-refractivity contribution in [2.24, 2.45) is 5.41 Å². The lowest BCUT2D eigenvalue weighted by molar-refractivity contribution is -0.131. The molecular weight excluding hydrogens is 242 g/mol. The molecule has 0 aromatic heterocycles. The standard InChI is InChI=1S/C10H17N3O3S/c1-13(2)17(15,16)7-6-12-9(14)10(8-11)4-3-5-10/h3-7H2,1-2H3,(H,12,14). The summed E-state index contributed by atoms with van der Waals surface area (Å²) in [5, 5.41) is 11.4. The summed E-state index contributed by atoms with van der Waals surface area (Å²) in [6.45, 7) is 0.0444. The van der Waals surface area contributed by atoms with Gasteiger partial charge in [0, 0.05) is 20.6 Å². The minimum Gasteiger partial charge on any atom is -0.354 e. The fraction of sp³-hybridized carbons (Fsp3) is 0.800. The molecule has 1 amide bonds. The van der Waals surface area contributed by atoms with Crippen molar-refractivity contribution < 1.29 is 13.2 Å².